The van der Waals surface area contributed by atoms with Crippen LogP contribution in [0.5, 0.6) is 0 Å². The molecule has 3 aromatic rings. The van der Waals surface area contributed by atoms with Crippen LogP contribution < -0.4 is 24.9 Å². The van der Waals surface area contributed by atoms with Gasteiger partial charge < -0.3 is 20.0 Å². The molecule has 5 rings (SSSR count). The first-order valence-electron chi connectivity index (χ1n) is 12.2. The second-order valence-electron chi connectivity index (χ2n) is 9.63. The molecule has 0 spiro atoms. The van der Waals surface area contributed by atoms with E-state index >= 15 is 0 Å². The molecule has 2 aliphatic rings. The Hall–Kier alpha value is -3.91. The topological polar surface area (TPSA) is 76.2 Å². The molecule has 0 atom stereocenters. The number of carbonyl (C=O) groups excluding carboxylic acids is 3. The van der Waals surface area contributed by atoms with E-state index in [0.717, 1.165) is 61.3 Å². The summed E-state index contributed by atoms with van der Waals surface area (Å²) in [5, 5.41) is 5.07. The number of nitrogens with zero attached hydrogens (tertiary/aromatic N) is 4. The van der Waals surface area contributed by atoms with Crippen molar-refractivity contribution >= 4 is 51.7 Å². The molecule has 0 aliphatic carbocycles. The number of nitrogens with one attached hydrogen (secondary N) is 1. The Bertz CT molecular complexity index is 1350. The number of benzene rings is 3. The summed E-state index contributed by atoms with van der Waals surface area (Å²) in [6.45, 7) is 5.55. The fourth-order valence-electron chi connectivity index (χ4n) is 5.27. The summed E-state index contributed by atoms with van der Waals surface area (Å²) < 4.78 is 0. The Morgan fingerprint density at radius 2 is 1.64 bits per heavy atom. The van der Waals surface area contributed by atoms with Crippen LogP contribution in [0.25, 0.3) is 10.8 Å². The normalized spacial score (nSPS) is 15.8. The molecule has 1 fully saturated rings. The van der Waals surface area contributed by atoms with E-state index < -0.39 is 0 Å². The first-order chi connectivity index (χ1) is 17.3. The van der Waals surface area contributed by atoms with E-state index in [0.29, 0.717) is 27.9 Å². The lowest BCUT2D eigenvalue weighted by molar-refractivity contribution is -0.107. The van der Waals surface area contributed by atoms with Crippen LogP contribution >= 0.6 is 0 Å². The van der Waals surface area contributed by atoms with Crippen LogP contribution in [0.2, 0.25) is 0 Å². The predicted molar refractivity (Wildman–Crippen MR) is 145 cm³/mol. The average Bonchev–Trinajstić information content (AvgIpc) is 3.16. The fourth-order valence-corrected chi connectivity index (χ4v) is 5.27. The molecule has 3 aromatic carbocycles. The van der Waals surface area contributed by atoms with Gasteiger partial charge in [0.1, 0.15) is 0 Å². The summed E-state index contributed by atoms with van der Waals surface area (Å²) in [4.78, 5) is 46.3. The quantitative estimate of drug-likeness (QED) is 0.441. The number of imide groups is 1. The minimum Gasteiger partial charge on any atom is -0.376 e. The predicted octanol–water partition coefficient (Wildman–Crippen LogP) is 3.41. The van der Waals surface area contributed by atoms with Crippen LogP contribution in [0.1, 0.15) is 32.7 Å². The molecule has 0 unspecified atom stereocenters. The molecule has 0 radical (unpaired) electrons. The lowest BCUT2D eigenvalue weighted by Gasteiger charge is -2.32. The van der Waals surface area contributed by atoms with Crippen LogP contribution in [-0.4, -0.2) is 65.5 Å². The molecule has 8 nitrogen and oxygen atoms in total. The van der Waals surface area contributed by atoms with Gasteiger partial charge >= 0.3 is 0 Å². The second-order valence-corrected chi connectivity index (χ2v) is 9.63. The number of amides is 3. The zero-order chi connectivity index (χ0) is 25.6. The summed E-state index contributed by atoms with van der Waals surface area (Å²) in [6.07, 6.45) is 1.76. The molecule has 1 N–H and O–H groups in total. The van der Waals surface area contributed by atoms with Crippen LogP contribution in [0.3, 0.4) is 0 Å². The number of rotatable bonds is 5. The highest BCUT2D eigenvalue weighted by Crippen LogP contribution is 2.41. The van der Waals surface area contributed by atoms with E-state index in [-0.39, 0.29) is 11.8 Å². The van der Waals surface area contributed by atoms with Gasteiger partial charge in [0.25, 0.3) is 11.8 Å². The summed E-state index contributed by atoms with van der Waals surface area (Å²) in [6, 6.07) is 13.2. The lowest BCUT2D eigenvalue weighted by Crippen LogP contribution is -2.41. The van der Waals surface area contributed by atoms with Gasteiger partial charge in [-0.15, -0.1) is 0 Å². The average molecular weight is 486 g/mol. The molecule has 2 aliphatic heterocycles. The maximum Gasteiger partial charge on any atom is 0.265 e. The number of hydrogen-bond acceptors (Lipinski definition) is 6. The van der Waals surface area contributed by atoms with Crippen molar-refractivity contribution in [1.82, 2.24) is 5.32 Å². The largest absolute Gasteiger partial charge is 0.376 e. The van der Waals surface area contributed by atoms with Gasteiger partial charge in [0, 0.05) is 68.4 Å². The maximum absolute atomic E-state index is 13.9. The third-order valence-electron chi connectivity index (χ3n) is 7.12. The van der Waals surface area contributed by atoms with E-state index in [1.54, 1.807) is 19.2 Å². The third-order valence-corrected chi connectivity index (χ3v) is 7.12. The van der Waals surface area contributed by atoms with Gasteiger partial charge in [-0.3, -0.25) is 14.4 Å². The van der Waals surface area contributed by atoms with Crippen molar-refractivity contribution < 1.29 is 14.4 Å². The second kappa shape index (κ2) is 9.28. The highest BCUT2D eigenvalue weighted by atomic mass is 16.2. The molecule has 0 aromatic heterocycles. The Kier molecular flexibility index (Phi) is 6.14. The molecule has 8 heteroatoms. The molecule has 2 heterocycles. The molecular weight excluding hydrogens is 454 g/mol. The molecular formula is C28H31N5O3. The first kappa shape index (κ1) is 23.8. The van der Waals surface area contributed by atoms with Gasteiger partial charge in [0.2, 0.25) is 6.41 Å². The van der Waals surface area contributed by atoms with E-state index in [2.05, 4.69) is 10.2 Å². The van der Waals surface area contributed by atoms with Crippen molar-refractivity contribution in [2.24, 2.45) is 0 Å². The summed E-state index contributed by atoms with van der Waals surface area (Å²) in [7, 11) is 5.44. The monoisotopic (exact) mass is 485 g/mol. The van der Waals surface area contributed by atoms with Crippen molar-refractivity contribution in [1.29, 1.82) is 0 Å². The summed E-state index contributed by atoms with van der Waals surface area (Å²) in [5.74, 6) is -0.707. The van der Waals surface area contributed by atoms with E-state index in [1.807, 2.05) is 56.3 Å². The molecule has 186 valence electrons. The number of carbonyl (C=O) groups is 3. The molecule has 1 saturated heterocycles. The fraction of sp³-hybridized carbons (Fsp3) is 0.321. The van der Waals surface area contributed by atoms with Crippen LogP contribution in [-0.2, 0) is 4.79 Å². The van der Waals surface area contributed by atoms with Crippen molar-refractivity contribution in [3.8, 4) is 0 Å². The molecule has 0 saturated carbocycles. The zero-order valence-corrected chi connectivity index (χ0v) is 21.2. The van der Waals surface area contributed by atoms with Crippen LogP contribution in [0, 0.1) is 6.92 Å². The smallest absolute Gasteiger partial charge is 0.265 e. The van der Waals surface area contributed by atoms with Gasteiger partial charge in [-0.2, -0.15) is 0 Å². The van der Waals surface area contributed by atoms with Crippen molar-refractivity contribution in [2.75, 3.05) is 66.9 Å². The summed E-state index contributed by atoms with van der Waals surface area (Å²) >= 11 is 0. The van der Waals surface area contributed by atoms with E-state index in [9.17, 15) is 14.4 Å². The Labute approximate surface area is 211 Å². The molecule has 3 amide bonds. The van der Waals surface area contributed by atoms with E-state index in [4.69, 9.17) is 0 Å². The standard InChI is InChI=1S/C28H31N5O3/c1-18-15-24(30(2)3)25(31(4)17-34)16-23(18)33-27(35)20-8-5-7-19-22(32-13-6-11-29-12-14-32)10-9-21(26(19)20)28(33)36/h5,7-10,15-17,29H,6,11-14H2,1-4H3. The zero-order valence-electron chi connectivity index (χ0n) is 21.2. The highest BCUT2D eigenvalue weighted by Gasteiger charge is 2.36. The van der Waals surface area contributed by atoms with Gasteiger partial charge in [0.15, 0.2) is 0 Å². The minimum atomic E-state index is -0.354. The lowest BCUT2D eigenvalue weighted by atomic mass is 9.92. The van der Waals surface area contributed by atoms with Crippen molar-refractivity contribution in [3.63, 3.8) is 0 Å². The molecule has 0 bridgehead atoms. The van der Waals surface area contributed by atoms with Crippen molar-refractivity contribution in [2.45, 2.75) is 13.3 Å². The SMILES string of the molecule is Cc1cc(N(C)C)c(N(C)C=O)cc1N1C(=O)c2cccc3c(N4CCCNCC4)ccc(c23)C1=O. The summed E-state index contributed by atoms with van der Waals surface area (Å²) in [5.41, 5.74) is 4.76. The van der Waals surface area contributed by atoms with Gasteiger partial charge in [-0.25, -0.2) is 4.90 Å². The van der Waals surface area contributed by atoms with Crippen molar-refractivity contribution in [3.05, 3.63) is 59.2 Å². The number of aryl methyl sites for hydroxylation is 1. The van der Waals surface area contributed by atoms with Crippen LogP contribution in [0.4, 0.5) is 22.7 Å². The maximum atomic E-state index is 13.9. The number of hydrogen-bond donors (Lipinski definition) is 1. The van der Waals surface area contributed by atoms with Crippen LogP contribution in [0.15, 0.2) is 42.5 Å². The minimum absolute atomic E-state index is 0.354. The van der Waals surface area contributed by atoms with Gasteiger partial charge in [0.05, 0.1) is 17.1 Å². The highest BCUT2D eigenvalue weighted by molar-refractivity contribution is 6.36. The number of anilines is 4. The van der Waals surface area contributed by atoms with E-state index in [1.165, 1.54) is 9.80 Å². The Balaban J connectivity index is 1.65. The van der Waals surface area contributed by atoms with Gasteiger partial charge in [-0.05, 0) is 55.8 Å². The Morgan fingerprint density at radius 3 is 2.36 bits per heavy atom. The first-order valence-corrected chi connectivity index (χ1v) is 12.2. The third kappa shape index (κ3) is 3.78. The Morgan fingerprint density at radius 1 is 0.889 bits per heavy atom. The molecule has 36 heavy (non-hydrogen) atoms. The van der Waals surface area contributed by atoms with Gasteiger partial charge in [-0.1, -0.05) is 12.1 Å².